The largest absolute Gasteiger partial charge is 0.484 e. The zero-order valence-electron chi connectivity index (χ0n) is 15.3. The minimum Gasteiger partial charge on any atom is -0.484 e. The first kappa shape index (κ1) is 19.5. The molecule has 28 heavy (non-hydrogen) atoms. The second-order valence-electron chi connectivity index (χ2n) is 5.76. The van der Waals surface area contributed by atoms with Crippen LogP contribution in [0.25, 0.3) is 0 Å². The van der Waals surface area contributed by atoms with E-state index in [-0.39, 0.29) is 12.5 Å². The van der Waals surface area contributed by atoms with Crippen LogP contribution in [0.5, 0.6) is 5.75 Å². The van der Waals surface area contributed by atoms with Crippen molar-refractivity contribution >= 4 is 29.3 Å². The van der Waals surface area contributed by atoms with E-state index >= 15 is 0 Å². The monoisotopic (exact) mass is 393 g/mol. The number of carbonyl (C=O) groups is 2. The van der Waals surface area contributed by atoms with Gasteiger partial charge in [-0.25, -0.2) is 4.79 Å². The molecule has 5 nitrogen and oxygen atoms in total. The van der Waals surface area contributed by atoms with Gasteiger partial charge in [0.05, 0.1) is 18.4 Å². The zero-order valence-corrected chi connectivity index (χ0v) is 16.1. The number of hydrogen-bond acceptors (Lipinski definition) is 5. The highest BCUT2D eigenvalue weighted by atomic mass is 32.2. The van der Waals surface area contributed by atoms with Crippen LogP contribution in [0.15, 0.2) is 88.7 Å². The number of ether oxygens (including phenoxy) is 2. The molecule has 1 N–H and O–H groups in total. The molecule has 0 fully saturated rings. The summed E-state index contributed by atoms with van der Waals surface area (Å²) in [5.74, 6) is -0.190. The molecular formula is C22H19NO4S. The van der Waals surface area contributed by atoms with Crippen LogP contribution in [0.2, 0.25) is 0 Å². The quantitative estimate of drug-likeness (QED) is 0.593. The van der Waals surface area contributed by atoms with E-state index in [1.165, 1.54) is 7.11 Å². The van der Waals surface area contributed by atoms with Gasteiger partial charge in [0.2, 0.25) is 0 Å². The molecule has 0 spiro atoms. The summed E-state index contributed by atoms with van der Waals surface area (Å²) in [4.78, 5) is 25.8. The molecule has 0 bridgehead atoms. The number of hydrogen-bond donors (Lipinski definition) is 1. The average molecular weight is 393 g/mol. The Labute approximate surface area is 167 Å². The molecule has 142 valence electrons. The minimum absolute atomic E-state index is 0.137. The third-order valence-electron chi connectivity index (χ3n) is 3.78. The third kappa shape index (κ3) is 5.37. The van der Waals surface area contributed by atoms with Crippen molar-refractivity contribution in [3.05, 3.63) is 84.4 Å². The van der Waals surface area contributed by atoms with E-state index in [1.807, 2.05) is 54.6 Å². The Kier molecular flexibility index (Phi) is 6.70. The van der Waals surface area contributed by atoms with Gasteiger partial charge in [0.15, 0.2) is 6.61 Å². The zero-order chi connectivity index (χ0) is 19.8. The van der Waals surface area contributed by atoms with Gasteiger partial charge < -0.3 is 14.8 Å². The summed E-state index contributed by atoms with van der Waals surface area (Å²) >= 11 is 1.58. The number of benzene rings is 3. The highest BCUT2D eigenvalue weighted by Gasteiger charge is 2.10. The van der Waals surface area contributed by atoms with Crippen molar-refractivity contribution < 1.29 is 19.1 Å². The molecule has 0 aliphatic heterocycles. The topological polar surface area (TPSA) is 64.6 Å². The van der Waals surface area contributed by atoms with Gasteiger partial charge in [-0.3, -0.25) is 4.79 Å². The molecule has 1 amide bonds. The fourth-order valence-electron chi connectivity index (χ4n) is 2.41. The van der Waals surface area contributed by atoms with Crippen LogP contribution in [-0.4, -0.2) is 25.6 Å². The Morgan fingerprint density at radius 1 is 0.893 bits per heavy atom. The summed E-state index contributed by atoms with van der Waals surface area (Å²) in [6.07, 6.45) is 0. The Hall–Kier alpha value is -3.25. The average Bonchev–Trinajstić information content (AvgIpc) is 2.74. The molecule has 3 aromatic rings. The molecule has 0 radical (unpaired) electrons. The van der Waals surface area contributed by atoms with Crippen molar-refractivity contribution in [2.45, 2.75) is 9.79 Å². The van der Waals surface area contributed by atoms with E-state index in [1.54, 1.807) is 36.0 Å². The number of anilines is 1. The molecule has 0 unspecified atom stereocenters. The molecule has 0 saturated heterocycles. The first-order chi connectivity index (χ1) is 13.7. The number of para-hydroxylation sites is 1. The van der Waals surface area contributed by atoms with E-state index in [9.17, 15) is 9.59 Å². The highest BCUT2D eigenvalue weighted by molar-refractivity contribution is 7.99. The normalized spacial score (nSPS) is 10.2. The number of nitrogens with one attached hydrogen (secondary N) is 1. The second-order valence-corrected chi connectivity index (χ2v) is 6.88. The van der Waals surface area contributed by atoms with Crippen LogP contribution in [0, 0.1) is 0 Å². The van der Waals surface area contributed by atoms with E-state index in [0.717, 1.165) is 15.5 Å². The molecule has 0 saturated carbocycles. The van der Waals surface area contributed by atoms with Crippen LogP contribution in [0.3, 0.4) is 0 Å². The molecule has 3 aromatic carbocycles. The summed E-state index contributed by atoms with van der Waals surface area (Å²) < 4.78 is 10.1. The van der Waals surface area contributed by atoms with Crippen LogP contribution >= 0.6 is 11.8 Å². The molecule has 0 aliphatic rings. The lowest BCUT2D eigenvalue weighted by Crippen LogP contribution is -2.20. The van der Waals surface area contributed by atoms with Crippen LogP contribution < -0.4 is 10.1 Å². The molecule has 0 aromatic heterocycles. The fraction of sp³-hybridized carbons (Fsp3) is 0.0909. The van der Waals surface area contributed by atoms with Gasteiger partial charge in [-0.1, -0.05) is 42.1 Å². The van der Waals surface area contributed by atoms with E-state index < -0.39 is 5.97 Å². The summed E-state index contributed by atoms with van der Waals surface area (Å²) in [5, 5.41) is 2.88. The molecule has 3 rings (SSSR count). The lowest BCUT2D eigenvalue weighted by atomic mass is 10.2. The summed E-state index contributed by atoms with van der Waals surface area (Å²) in [6.45, 7) is -0.137. The van der Waals surface area contributed by atoms with Gasteiger partial charge in [-0.2, -0.15) is 0 Å². The first-order valence-electron chi connectivity index (χ1n) is 8.58. The van der Waals surface area contributed by atoms with E-state index in [0.29, 0.717) is 11.3 Å². The predicted molar refractivity (Wildman–Crippen MR) is 109 cm³/mol. The maximum atomic E-state index is 12.3. The van der Waals surface area contributed by atoms with Crippen LogP contribution in [0.4, 0.5) is 5.69 Å². The van der Waals surface area contributed by atoms with Gasteiger partial charge in [0.25, 0.3) is 5.91 Å². The fourth-order valence-corrected chi connectivity index (χ4v) is 3.34. The van der Waals surface area contributed by atoms with E-state index in [4.69, 9.17) is 4.74 Å². The number of carbonyl (C=O) groups excluding carboxylic acids is 2. The molecular weight excluding hydrogens is 374 g/mol. The molecule has 0 aliphatic carbocycles. The minimum atomic E-state index is -0.420. The lowest BCUT2D eigenvalue weighted by molar-refractivity contribution is -0.118. The molecule has 0 heterocycles. The van der Waals surface area contributed by atoms with Crippen LogP contribution in [0.1, 0.15) is 10.4 Å². The highest BCUT2D eigenvalue weighted by Crippen LogP contribution is 2.33. The second kappa shape index (κ2) is 9.62. The van der Waals surface area contributed by atoms with Crippen molar-refractivity contribution in [3.8, 4) is 5.75 Å². The Morgan fingerprint density at radius 3 is 2.29 bits per heavy atom. The van der Waals surface area contributed by atoms with Crippen molar-refractivity contribution in [1.82, 2.24) is 0 Å². The third-order valence-corrected chi connectivity index (χ3v) is 4.86. The van der Waals surface area contributed by atoms with Gasteiger partial charge in [0, 0.05) is 9.79 Å². The van der Waals surface area contributed by atoms with Gasteiger partial charge in [-0.15, -0.1) is 0 Å². The lowest BCUT2D eigenvalue weighted by Gasteiger charge is -2.11. The Morgan fingerprint density at radius 2 is 1.57 bits per heavy atom. The van der Waals surface area contributed by atoms with Gasteiger partial charge in [-0.05, 0) is 48.5 Å². The Balaban J connectivity index is 1.58. The van der Waals surface area contributed by atoms with E-state index in [2.05, 4.69) is 10.1 Å². The summed E-state index contributed by atoms with van der Waals surface area (Å²) in [7, 11) is 1.32. The summed E-state index contributed by atoms with van der Waals surface area (Å²) in [5.41, 5.74) is 1.15. The predicted octanol–water partition coefficient (Wildman–Crippen LogP) is 4.64. The maximum Gasteiger partial charge on any atom is 0.337 e. The Bertz CT molecular complexity index is 942. The SMILES string of the molecule is COC(=O)c1ccc(OCC(=O)Nc2ccccc2Sc2ccccc2)cc1. The maximum absolute atomic E-state index is 12.3. The number of methoxy groups -OCH3 is 1. The number of esters is 1. The number of rotatable bonds is 7. The van der Waals surface area contributed by atoms with Crippen molar-refractivity contribution in [3.63, 3.8) is 0 Å². The van der Waals surface area contributed by atoms with Crippen molar-refractivity contribution in [2.75, 3.05) is 19.0 Å². The standard InChI is InChI=1S/C22H19NO4S/c1-26-22(25)16-11-13-17(14-12-16)27-15-21(24)23-19-9-5-6-10-20(19)28-18-7-3-2-4-8-18/h2-14H,15H2,1H3,(H,23,24). The smallest absolute Gasteiger partial charge is 0.337 e. The van der Waals surface area contributed by atoms with Gasteiger partial charge in [0.1, 0.15) is 5.75 Å². The molecule has 6 heteroatoms. The molecule has 0 atom stereocenters. The van der Waals surface area contributed by atoms with Gasteiger partial charge >= 0.3 is 5.97 Å². The van der Waals surface area contributed by atoms with Crippen molar-refractivity contribution in [1.29, 1.82) is 0 Å². The van der Waals surface area contributed by atoms with Crippen LogP contribution in [-0.2, 0) is 9.53 Å². The summed E-state index contributed by atoms with van der Waals surface area (Å²) in [6, 6.07) is 24.0. The number of amides is 1. The van der Waals surface area contributed by atoms with Crippen molar-refractivity contribution in [2.24, 2.45) is 0 Å². The first-order valence-corrected chi connectivity index (χ1v) is 9.40.